The number of carboxylic acids is 1. The summed E-state index contributed by atoms with van der Waals surface area (Å²) in [5.74, 6) is -1.58. The number of aromatic hydroxyl groups is 1. The fourth-order valence-electron chi connectivity index (χ4n) is 1.44. The smallest absolute Gasteiger partial charge is 0.339 e. The summed E-state index contributed by atoms with van der Waals surface area (Å²) in [6, 6.07) is 3.58. The fourth-order valence-corrected chi connectivity index (χ4v) is 1.44. The maximum Gasteiger partial charge on any atom is 0.339 e. The summed E-state index contributed by atoms with van der Waals surface area (Å²) < 4.78 is 0. The molecule has 1 aromatic rings. The van der Waals surface area contributed by atoms with Gasteiger partial charge in [-0.05, 0) is 24.6 Å². The second-order valence-electron chi connectivity index (χ2n) is 3.89. The number of amides is 2. The van der Waals surface area contributed by atoms with Crippen molar-refractivity contribution >= 4 is 17.7 Å². The standard InChI is InChI=1S/C12H16N2O4/c1-3-6-14(2)12(18)13-8-4-5-10(15)9(7-8)11(16)17/h4-5,7,15H,3,6H2,1-2H3,(H,13,18)(H,16,17). The van der Waals surface area contributed by atoms with Gasteiger partial charge in [0, 0.05) is 19.3 Å². The molecule has 0 radical (unpaired) electrons. The molecule has 0 unspecified atom stereocenters. The van der Waals surface area contributed by atoms with Crippen molar-refractivity contribution in [2.45, 2.75) is 13.3 Å². The van der Waals surface area contributed by atoms with Crippen molar-refractivity contribution < 1.29 is 19.8 Å². The molecule has 1 rings (SSSR count). The van der Waals surface area contributed by atoms with Crippen LogP contribution in [0.15, 0.2) is 18.2 Å². The third-order valence-electron chi connectivity index (χ3n) is 2.38. The van der Waals surface area contributed by atoms with Crippen LogP contribution in [0.2, 0.25) is 0 Å². The molecule has 0 aromatic heterocycles. The summed E-state index contributed by atoms with van der Waals surface area (Å²) in [6.45, 7) is 2.56. The predicted molar refractivity (Wildman–Crippen MR) is 67.0 cm³/mol. The lowest BCUT2D eigenvalue weighted by molar-refractivity contribution is 0.0693. The number of carbonyl (C=O) groups is 2. The van der Waals surface area contributed by atoms with Gasteiger partial charge in [0.1, 0.15) is 11.3 Å². The lowest BCUT2D eigenvalue weighted by Gasteiger charge is -2.17. The minimum atomic E-state index is -1.24. The second kappa shape index (κ2) is 5.90. The summed E-state index contributed by atoms with van der Waals surface area (Å²) in [5, 5.41) is 20.7. The van der Waals surface area contributed by atoms with Crippen LogP contribution in [0.4, 0.5) is 10.5 Å². The molecule has 0 aliphatic rings. The van der Waals surface area contributed by atoms with Crippen LogP contribution >= 0.6 is 0 Å². The Morgan fingerprint density at radius 3 is 2.61 bits per heavy atom. The fraction of sp³-hybridized carbons (Fsp3) is 0.333. The third kappa shape index (κ3) is 3.38. The number of aromatic carboxylic acids is 1. The molecule has 0 spiro atoms. The van der Waals surface area contributed by atoms with Crippen LogP contribution in [-0.4, -0.2) is 40.7 Å². The summed E-state index contributed by atoms with van der Waals surface area (Å²) in [6.07, 6.45) is 0.833. The van der Waals surface area contributed by atoms with Crippen LogP contribution < -0.4 is 5.32 Å². The van der Waals surface area contributed by atoms with E-state index in [1.54, 1.807) is 7.05 Å². The molecule has 2 amide bonds. The molecule has 0 aliphatic heterocycles. The van der Waals surface area contributed by atoms with Crippen LogP contribution in [0.5, 0.6) is 5.75 Å². The van der Waals surface area contributed by atoms with E-state index in [1.807, 2.05) is 6.92 Å². The summed E-state index contributed by atoms with van der Waals surface area (Å²) in [5.41, 5.74) is 0.0871. The number of carbonyl (C=O) groups excluding carboxylic acids is 1. The quantitative estimate of drug-likeness (QED) is 0.714. The topological polar surface area (TPSA) is 89.9 Å². The number of phenols is 1. The molecular weight excluding hydrogens is 236 g/mol. The van der Waals surface area contributed by atoms with E-state index in [0.29, 0.717) is 12.2 Å². The number of hydrogen-bond donors (Lipinski definition) is 3. The molecule has 0 saturated carbocycles. The maximum atomic E-state index is 11.7. The number of nitrogens with zero attached hydrogens (tertiary/aromatic N) is 1. The van der Waals surface area contributed by atoms with Crippen molar-refractivity contribution in [1.29, 1.82) is 0 Å². The minimum absolute atomic E-state index is 0.244. The average Bonchev–Trinajstić information content (AvgIpc) is 2.31. The molecule has 1 aromatic carbocycles. The van der Waals surface area contributed by atoms with E-state index < -0.39 is 5.97 Å². The highest BCUT2D eigenvalue weighted by atomic mass is 16.4. The Morgan fingerprint density at radius 2 is 2.06 bits per heavy atom. The van der Waals surface area contributed by atoms with E-state index in [1.165, 1.54) is 23.1 Å². The SMILES string of the molecule is CCCN(C)C(=O)Nc1ccc(O)c(C(=O)O)c1. The Bertz CT molecular complexity index is 459. The van der Waals surface area contributed by atoms with Gasteiger partial charge in [0.2, 0.25) is 0 Å². The molecule has 6 heteroatoms. The van der Waals surface area contributed by atoms with E-state index in [4.69, 9.17) is 5.11 Å². The van der Waals surface area contributed by atoms with Crippen molar-refractivity contribution in [3.05, 3.63) is 23.8 Å². The van der Waals surface area contributed by atoms with Gasteiger partial charge in [0.25, 0.3) is 0 Å². The molecular formula is C12H16N2O4. The number of rotatable bonds is 4. The number of benzene rings is 1. The highest BCUT2D eigenvalue weighted by molar-refractivity contribution is 5.95. The minimum Gasteiger partial charge on any atom is -0.507 e. The largest absolute Gasteiger partial charge is 0.507 e. The molecule has 0 fully saturated rings. The Hall–Kier alpha value is -2.24. The lowest BCUT2D eigenvalue weighted by Crippen LogP contribution is -2.31. The number of carboxylic acid groups (broad SMARTS) is 1. The second-order valence-corrected chi connectivity index (χ2v) is 3.89. The lowest BCUT2D eigenvalue weighted by atomic mass is 10.2. The molecule has 0 aliphatic carbocycles. The third-order valence-corrected chi connectivity index (χ3v) is 2.38. The van der Waals surface area contributed by atoms with Gasteiger partial charge in [0.15, 0.2) is 0 Å². The van der Waals surface area contributed by atoms with Gasteiger partial charge in [-0.2, -0.15) is 0 Å². The Morgan fingerprint density at radius 1 is 1.39 bits per heavy atom. The van der Waals surface area contributed by atoms with Crippen LogP contribution in [0, 0.1) is 0 Å². The van der Waals surface area contributed by atoms with Gasteiger partial charge in [-0.1, -0.05) is 6.92 Å². The monoisotopic (exact) mass is 252 g/mol. The molecule has 6 nitrogen and oxygen atoms in total. The zero-order valence-corrected chi connectivity index (χ0v) is 10.3. The summed E-state index contributed by atoms with van der Waals surface area (Å²) in [7, 11) is 1.65. The molecule has 18 heavy (non-hydrogen) atoms. The Labute approximate surface area is 105 Å². The van der Waals surface area contributed by atoms with Crippen LogP contribution in [0.1, 0.15) is 23.7 Å². The normalized spacial score (nSPS) is 9.89. The first-order valence-corrected chi connectivity index (χ1v) is 5.54. The molecule has 0 saturated heterocycles. The van der Waals surface area contributed by atoms with Crippen molar-refractivity contribution in [3.8, 4) is 5.75 Å². The number of anilines is 1. The molecule has 3 N–H and O–H groups in total. The first-order chi connectivity index (χ1) is 8.45. The summed E-state index contributed by atoms with van der Waals surface area (Å²) in [4.78, 5) is 24.0. The van der Waals surface area contributed by atoms with Gasteiger partial charge in [-0.15, -0.1) is 0 Å². The van der Waals surface area contributed by atoms with Gasteiger partial charge < -0.3 is 20.4 Å². The zero-order chi connectivity index (χ0) is 13.7. The van der Waals surface area contributed by atoms with Crippen LogP contribution in [0.25, 0.3) is 0 Å². The van der Waals surface area contributed by atoms with Gasteiger partial charge >= 0.3 is 12.0 Å². The Balaban J connectivity index is 2.82. The van der Waals surface area contributed by atoms with E-state index >= 15 is 0 Å². The highest BCUT2D eigenvalue weighted by Crippen LogP contribution is 2.21. The first kappa shape index (κ1) is 13.8. The first-order valence-electron chi connectivity index (χ1n) is 5.54. The van der Waals surface area contributed by atoms with Crippen molar-refractivity contribution in [2.75, 3.05) is 18.9 Å². The van der Waals surface area contributed by atoms with Gasteiger partial charge in [-0.3, -0.25) is 0 Å². The van der Waals surface area contributed by atoms with Crippen molar-refractivity contribution in [2.24, 2.45) is 0 Å². The molecule has 0 heterocycles. The van der Waals surface area contributed by atoms with E-state index in [2.05, 4.69) is 5.32 Å². The van der Waals surface area contributed by atoms with Crippen molar-refractivity contribution in [3.63, 3.8) is 0 Å². The van der Waals surface area contributed by atoms with Crippen LogP contribution in [-0.2, 0) is 0 Å². The number of nitrogens with one attached hydrogen (secondary N) is 1. The number of hydrogen-bond acceptors (Lipinski definition) is 3. The van der Waals surface area contributed by atoms with Gasteiger partial charge in [-0.25, -0.2) is 9.59 Å². The Kier molecular flexibility index (Phi) is 4.53. The number of urea groups is 1. The predicted octanol–water partition coefficient (Wildman–Crippen LogP) is 1.96. The zero-order valence-electron chi connectivity index (χ0n) is 10.3. The van der Waals surface area contributed by atoms with E-state index in [9.17, 15) is 14.7 Å². The van der Waals surface area contributed by atoms with E-state index in [-0.39, 0.29) is 17.3 Å². The van der Waals surface area contributed by atoms with Crippen LogP contribution in [0.3, 0.4) is 0 Å². The average molecular weight is 252 g/mol. The maximum absolute atomic E-state index is 11.7. The molecule has 0 bridgehead atoms. The molecule has 98 valence electrons. The van der Waals surface area contributed by atoms with Gasteiger partial charge in [0.05, 0.1) is 0 Å². The highest BCUT2D eigenvalue weighted by Gasteiger charge is 2.12. The van der Waals surface area contributed by atoms with Crippen molar-refractivity contribution in [1.82, 2.24) is 4.90 Å². The van der Waals surface area contributed by atoms with E-state index in [0.717, 1.165) is 6.42 Å². The molecule has 0 atom stereocenters. The summed E-state index contributed by atoms with van der Waals surface area (Å²) >= 11 is 0.